The number of hydrogen-bond acceptors (Lipinski definition) is 6. The molecule has 1 amide bonds. The minimum absolute atomic E-state index is 0.100. The molecule has 0 radical (unpaired) electrons. The van der Waals surface area contributed by atoms with Gasteiger partial charge in [-0.3, -0.25) is 14.2 Å². The van der Waals surface area contributed by atoms with Crippen LogP contribution in [0.3, 0.4) is 0 Å². The van der Waals surface area contributed by atoms with Crippen LogP contribution >= 0.6 is 34.7 Å². The Bertz CT molecular complexity index is 1140. The minimum atomic E-state index is -0.103. The molecule has 0 spiro atoms. The van der Waals surface area contributed by atoms with Gasteiger partial charge in [0.2, 0.25) is 5.91 Å². The summed E-state index contributed by atoms with van der Waals surface area (Å²) in [7, 11) is 1.64. The van der Waals surface area contributed by atoms with Crippen molar-refractivity contribution in [2.75, 3.05) is 32.6 Å². The molecule has 1 saturated heterocycles. The summed E-state index contributed by atoms with van der Waals surface area (Å²) in [4.78, 5) is 33.4. The smallest absolute Gasteiger partial charge is 0.263 e. The van der Waals surface area contributed by atoms with Crippen molar-refractivity contribution >= 4 is 50.8 Å². The first kappa shape index (κ1) is 22.3. The van der Waals surface area contributed by atoms with Crippen molar-refractivity contribution in [1.82, 2.24) is 14.5 Å². The standard InChI is InChI=1S/C22H24ClN3O3S2/c1-29-12-6-11-26-21(28)19-16(15-7-2-3-8-17(15)23)13-30-20(19)24-22(26)31-14-18(27)25-9-4-5-10-25/h2-3,7-8,13H,4-6,9-12,14H2,1H3. The topological polar surface area (TPSA) is 64.4 Å². The first-order chi connectivity index (χ1) is 15.1. The first-order valence-electron chi connectivity index (χ1n) is 10.3. The average Bonchev–Trinajstić information content (AvgIpc) is 3.45. The molecule has 164 valence electrons. The molecule has 0 atom stereocenters. The van der Waals surface area contributed by atoms with Gasteiger partial charge >= 0.3 is 0 Å². The van der Waals surface area contributed by atoms with Crippen LogP contribution < -0.4 is 5.56 Å². The number of thioether (sulfide) groups is 1. The molecule has 0 aliphatic carbocycles. The number of halogens is 1. The normalized spacial score (nSPS) is 13.9. The Morgan fingerprint density at radius 1 is 1.26 bits per heavy atom. The molecule has 1 aliphatic heterocycles. The van der Waals surface area contributed by atoms with E-state index in [1.165, 1.54) is 23.1 Å². The zero-order chi connectivity index (χ0) is 21.8. The van der Waals surface area contributed by atoms with Crippen LogP contribution in [0.2, 0.25) is 5.02 Å². The van der Waals surface area contributed by atoms with E-state index < -0.39 is 0 Å². The van der Waals surface area contributed by atoms with Gasteiger partial charge in [-0.05, 0) is 25.3 Å². The zero-order valence-corrected chi connectivity index (χ0v) is 19.7. The first-order valence-corrected chi connectivity index (χ1v) is 12.5. The van der Waals surface area contributed by atoms with Crippen molar-refractivity contribution in [2.24, 2.45) is 0 Å². The molecule has 1 fully saturated rings. The van der Waals surface area contributed by atoms with Gasteiger partial charge in [0.1, 0.15) is 4.83 Å². The fourth-order valence-electron chi connectivity index (χ4n) is 3.74. The fraction of sp³-hybridized carbons (Fsp3) is 0.409. The Balaban J connectivity index is 1.71. The number of aromatic nitrogens is 2. The van der Waals surface area contributed by atoms with Crippen molar-refractivity contribution in [3.63, 3.8) is 0 Å². The molecule has 1 aliphatic rings. The molecular formula is C22H24ClN3O3S2. The highest BCUT2D eigenvalue weighted by atomic mass is 35.5. The van der Waals surface area contributed by atoms with Gasteiger partial charge in [0.25, 0.3) is 5.56 Å². The second-order valence-corrected chi connectivity index (χ2v) is 9.59. The van der Waals surface area contributed by atoms with Crippen LogP contribution in [0.5, 0.6) is 0 Å². The monoisotopic (exact) mass is 477 g/mol. The van der Waals surface area contributed by atoms with Crippen molar-refractivity contribution in [2.45, 2.75) is 31.0 Å². The molecule has 31 heavy (non-hydrogen) atoms. The van der Waals surface area contributed by atoms with Crippen LogP contribution in [0.4, 0.5) is 0 Å². The number of rotatable bonds is 8. The number of carbonyl (C=O) groups excluding carboxylic acids is 1. The number of likely N-dealkylation sites (tertiary alicyclic amines) is 1. The van der Waals surface area contributed by atoms with E-state index in [4.69, 9.17) is 21.3 Å². The third-order valence-electron chi connectivity index (χ3n) is 5.34. The molecule has 0 bridgehead atoms. The second kappa shape index (κ2) is 10.2. The number of amides is 1. The highest BCUT2D eigenvalue weighted by molar-refractivity contribution is 7.99. The third-order valence-corrected chi connectivity index (χ3v) is 7.50. The van der Waals surface area contributed by atoms with Crippen LogP contribution in [0.1, 0.15) is 19.3 Å². The Morgan fingerprint density at radius 3 is 2.77 bits per heavy atom. The zero-order valence-electron chi connectivity index (χ0n) is 17.3. The van der Waals surface area contributed by atoms with E-state index in [-0.39, 0.29) is 17.2 Å². The lowest BCUT2D eigenvalue weighted by molar-refractivity contribution is -0.127. The summed E-state index contributed by atoms with van der Waals surface area (Å²) in [6.07, 6.45) is 2.80. The van der Waals surface area contributed by atoms with Crippen LogP contribution in [0.25, 0.3) is 21.3 Å². The van der Waals surface area contributed by atoms with Gasteiger partial charge in [-0.25, -0.2) is 4.98 Å². The third kappa shape index (κ3) is 4.82. The highest BCUT2D eigenvalue weighted by Crippen LogP contribution is 2.35. The summed E-state index contributed by atoms with van der Waals surface area (Å²) in [5, 5.41) is 3.69. The van der Waals surface area contributed by atoms with Crippen molar-refractivity contribution in [1.29, 1.82) is 0 Å². The van der Waals surface area contributed by atoms with Gasteiger partial charge in [-0.1, -0.05) is 41.6 Å². The SMILES string of the molecule is COCCCn1c(SCC(=O)N2CCCC2)nc2scc(-c3ccccc3Cl)c2c1=O. The number of benzene rings is 1. The van der Waals surface area contributed by atoms with Gasteiger partial charge in [-0.2, -0.15) is 0 Å². The number of methoxy groups -OCH3 is 1. The maximum atomic E-state index is 13.5. The Labute approximate surface area is 194 Å². The highest BCUT2D eigenvalue weighted by Gasteiger charge is 2.21. The summed E-state index contributed by atoms with van der Waals surface area (Å²) in [6, 6.07) is 7.51. The largest absolute Gasteiger partial charge is 0.385 e. The van der Waals surface area contributed by atoms with E-state index in [0.717, 1.165) is 37.1 Å². The molecule has 0 N–H and O–H groups in total. The lowest BCUT2D eigenvalue weighted by atomic mass is 10.1. The van der Waals surface area contributed by atoms with Crippen LogP contribution in [0.15, 0.2) is 39.6 Å². The van der Waals surface area contributed by atoms with Crippen molar-refractivity contribution < 1.29 is 9.53 Å². The van der Waals surface area contributed by atoms with E-state index in [2.05, 4.69) is 0 Å². The Kier molecular flexibility index (Phi) is 7.32. The van der Waals surface area contributed by atoms with Gasteiger partial charge in [0.15, 0.2) is 5.16 Å². The molecule has 6 nitrogen and oxygen atoms in total. The van der Waals surface area contributed by atoms with Gasteiger partial charge in [-0.15, -0.1) is 11.3 Å². The molecular weight excluding hydrogens is 454 g/mol. The minimum Gasteiger partial charge on any atom is -0.385 e. The summed E-state index contributed by atoms with van der Waals surface area (Å²) in [6.45, 7) is 2.66. The van der Waals surface area contributed by atoms with Gasteiger partial charge in [0, 0.05) is 54.9 Å². The van der Waals surface area contributed by atoms with E-state index in [0.29, 0.717) is 40.0 Å². The van der Waals surface area contributed by atoms with Crippen LogP contribution in [-0.2, 0) is 16.1 Å². The molecule has 1 aromatic carbocycles. The molecule has 3 heterocycles. The number of fused-ring (bicyclic) bond motifs is 1. The van der Waals surface area contributed by atoms with E-state index >= 15 is 0 Å². The summed E-state index contributed by atoms with van der Waals surface area (Å²) < 4.78 is 6.85. The summed E-state index contributed by atoms with van der Waals surface area (Å²) >= 11 is 9.16. The number of ether oxygens (including phenoxy) is 1. The molecule has 0 unspecified atom stereocenters. The number of carbonyl (C=O) groups is 1. The average molecular weight is 478 g/mol. The summed E-state index contributed by atoms with van der Waals surface area (Å²) in [5.74, 6) is 0.383. The van der Waals surface area contributed by atoms with Gasteiger partial charge in [0.05, 0.1) is 11.1 Å². The molecule has 0 saturated carbocycles. The van der Waals surface area contributed by atoms with E-state index in [9.17, 15) is 9.59 Å². The van der Waals surface area contributed by atoms with Crippen LogP contribution in [0, 0.1) is 0 Å². The lowest BCUT2D eigenvalue weighted by Gasteiger charge is -2.16. The maximum absolute atomic E-state index is 13.5. The maximum Gasteiger partial charge on any atom is 0.263 e. The predicted octanol–water partition coefficient (Wildman–Crippen LogP) is 4.53. The number of nitrogens with zero attached hydrogens (tertiary/aromatic N) is 3. The Morgan fingerprint density at radius 2 is 2.03 bits per heavy atom. The van der Waals surface area contributed by atoms with E-state index in [1.54, 1.807) is 11.7 Å². The molecule has 9 heteroatoms. The molecule has 3 aromatic rings. The van der Waals surface area contributed by atoms with Crippen LogP contribution in [-0.4, -0.2) is 52.9 Å². The lowest BCUT2D eigenvalue weighted by Crippen LogP contribution is -2.30. The van der Waals surface area contributed by atoms with Crippen molar-refractivity contribution in [3.05, 3.63) is 45.0 Å². The summed E-state index contributed by atoms with van der Waals surface area (Å²) in [5.41, 5.74) is 1.52. The fourth-order valence-corrected chi connectivity index (χ4v) is 5.89. The van der Waals surface area contributed by atoms with Crippen molar-refractivity contribution in [3.8, 4) is 11.1 Å². The Hall–Kier alpha value is -1.87. The number of thiophene rings is 1. The second-order valence-electron chi connectivity index (χ2n) is 7.38. The van der Waals surface area contributed by atoms with Gasteiger partial charge < -0.3 is 9.64 Å². The predicted molar refractivity (Wildman–Crippen MR) is 127 cm³/mol. The molecule has 4 rings (SSSR count). The quantitative estimate of drug-likeness (QED) is 0.271. The van der Waals surface area contributed by atoms with E-state index in [1.807, 2.05) is 34.5 Å². The molecule has 2 aromatic heterocycles. The number of hydrogen-bond donors (Lipinski definition) is 0.